The van der Waals surface area contributed by atoms with E-state index in [0.29, 0.717) is 18.5 Å². The van der Waals surface area contributed by atoms with Crippen LogP contribution in [0.2, 0.25) is 0 Å². The maximum Gasteiger partial charge on any atom is 0.252 e. The van der Waals surface area contributed by atoms with Crippen LogP contribution in [0.4, 0.5) is 5.69 Å². The molecule has 1 aromatic heterocycles. The van der Waals surface area contributed by atoms with Crippen LogP contribution in [0.3, 0.4) is 0 Å². The van der Waals surface area contributed by atoms with Gasteiger partial charge in [0.15, 0.2) is 0 Å². The van der Waals surface area contributed by atoms with Crippen molar-refractivity contribution in [1.29, 1.82) is 0 Å². The van der Waals surface area contributed by atoms with E-state index in [1.54, 1.807) is 0 Å². The van der Waals surface area contributed by atoms with Gasteiger partial charge in [-0.1, -0.05) is 37.3 Å². The molecule has 0 aliphatic carbocycles. The van der Waals surface area contributed by atoms with Crippen molar-refractivity contribution in [2.24, 2.45) is 0 Å². The highest BCUT2D eigenvalue weighted by Crippen LogP contribution is 2.25. The van der Waals surface area contributed by atoms with Crippen LogP contribution in [0.1, 0.15) is 46.9 Å². The molecule has 0 bridgehead atoms. The second kappa shape index (κ2) is 8.03. The molecular weight excluding hydrogens is 362 g/mol. The average molecular weight is 387 g/mol. The van der Waals surface area contributed by atoms with E-state index in [-0.39, 0.29) is 11.8 Å². The smallest absolute Gasteiger partial charge is 0.252 e. The Labute approximate surface area is 170 Å². The van der Waals surface area contributed by atoms with Crippen molar-refractivity contribution in [2.75, 3.05) is 11.4 Å². The molecule has 3 aromatic rings. The van der Waals surface area contributed by atoms with E-state index in [2.05, 4.69) is 12.2 Å². The number of para-hydroxylation sites is 1. The average Bonchev–Trinajstić information content (AvgIpc) is 3.17. The van der Waals surface area contributed by atoms with Gasteiger partial charge in [-0.3, -0.25) is 14.6 Å². The van der Waals surface area contributed by atoms with Gasteiger partial charge < -0.3 is 10.2 Å². The largest absolute Gasteiger partial charge is 0.348 e. The van der Waals surface area contributed by atoms with Gasteiger partial charge >= 0.3 is 0 Å². The fourth-order valence-corrected chi connectivity index (χ4v) is 4.02. The van der Waals surface area contributed by atoms with Crippen LogP contribution in [0.5, 0.6) is 0 Å². The number of aromatic nitrogens is 1. The molecule has 0 atom stereocenters. The molecule has 2 aromatic carbocycles. The van der Waals surface area contributed by atoms with Crippen molar-refractivity contribution < 1.29 is 9.59 Å². The summed E-state index contributed by atoms with van der Waals surface area (Å²) in [4.78, 5) is 31.6. The number of hydrogen-bond donors (Lipinski definition) is 1. The third-order valence-corrected chi connectivity index (χ3v) is 5.55. The first kappa shape index (κ1) is 19.1. The van der Waals surface area contributed by atoms with Gasteiger partial charge in [0.05, 0.1) is 11.1 Å². The van der Waals surface area contributed by atoms with E-state index in [4.69, 9.17) is 4.98 Å². The van der Waals surface area contributed by atoms with Crippen molar-refractivity contribution in [1.82, 2.24) is 10.3 Å². The lowest BCUT2D eigenvalue weighted by atomic mass is 9.99. The molecule has 148 valence electrons. The maximum absolute atomic E-state index is 13.1. The minimum atomic E-state index is -0.0987. The second-order valence-electron chi connectivity index (χ2n) is 7.43. The highest BCUT2D eigenvalue weighted by molar-refractivity contribution is 6.07. The van der Waals surface area contributed by atoms with Gasteiger partial charge in [-0.2, -0.15) is 0 Å². The van der Waals surface area contributed by atoms with Crippen LogP contribution >= 0.6 is 0 Å². The molecule has 4 rings (SSSR count). The molecule has 1 aliphatic rings. The number of rotatable bonds is 5. The number of nitrogens with zero attached hydrogens (tertiary/aromatic N) is 2. The van der Waals surface area contributed by atoms with E-state index in [1.165, 1.54) is 0 Å². The van der Waals surface area contributed by atoms with Gasteiger partial charge in [-0.15, -0.1) is 0 Å². The number of aryl methyl sites for hydroxylation is 1. The van der Waals surface area contributed by atoms with E-state index >= 15 is 0 Å². The Morgan fingerprint density at radius 1 is 1.17 bits per heavy atom. The van der Waals surface area contributed by atoms with Crippen molar-refractivity contribution in [3.05, 3.63) is 70.9 Å². The Balaban J connectivity index is 1.58. The molecule has 1 saturated heterocycles. The van der Waals surface area contributed by atoms with Gasteiger partial charge in [0, 0.05) is 36.3 Å². The molecule has 0 radical (unpaired) electrons. The summed E-state index contributed by atoms with van der Waals surface area (Å²) in [7, 11) is 0. The molecule has 1 aliphatic heterocycles. The normalized spacial score (nSPS) is 13.9. The summed E-state index contributed by atoms with van der Waals surface area (Å²) in [5.74, 6) is 0.0654. The van der Waals surface area contributed by atoms with Crippen molar-refractivity contribution in [3.63, 3.8) is 0 Å². The lowest BCUT2D eigenvalue weighted by Crippen LogP contribution is -2.26. The summed E-state index contributed by atoms with van der Waals surface area (Å²) < 4.78 is 0. The Bertz CT molecular complexity index is 1090. The summed E-state index contributed by atoms with van der Waals surface area (Å²) in [6.45, 7) is 5.19. The van der Waals surface area contributed by atoms with Gasteiger partial charge in [-0.25, -0.2) is 0 Å². The molecule has 1 fully saturated rings. The highest BCUT2D eigenvalue weighted by Gasteiger charge is 2.22. The molecule has 0 saturated carbocycles. The zero-order chi connectivity index (χ0) is 20.4. The highest BCUT2D eigenvalue weighted by atomic mass is 16.2. The van der Waals surface area contributed by atoms with Crippen molar-refractivity contribution in [2.45, 2.75) is 39.7 Å². The molecule has 2 amide bonds. The van der Waals surface area contributed by atoms with E-state index in [9.17, 15) is 9.59 Å². The molecule has 1 N–H and O–H groups in total. The Kier molecular flexibility index (Phi) is 5.30. The summed E-state index contributed by atoms with van der Waals surface area (Å²) >= 11 is 0. The predicted molar refractivity (Wildman–Crippen MR) is 115 cm³/mol. The monoisotopic (exact) mass is 387 g/mol. The fourth-order valence-electron chi connectivity index (χ4n) is 4.02. The first-order chi connectivity index (χ1) is 14.1. The lowest BCUT2D eigenvalue weighted by molar-refractivity contribution is -0.117. The Morgan fingerprint density at radius 2 is 2.00 bits per heavy atom. The zero-order valence-electron chi connectivity index (χ0n) is 16.9. The third-order valence-electron chi connectivity index (χ3n) is 5.55. The number of fused-ring (bicyclic) bond motifs is 1. The molecular formula is C24H25N3O2. The van der Waals surface area contributed by atoms with Crippen LogP contribution in [0.15, 0.2) is 48.5 Å². The first-order valence-corrected chi connectivity index (χ1v) is 10.1. The maximum atomic E-state index is 13.1. The standard InChI is InChI=1S/C24H25N3O2/c1-3-20-16(2)23(19-10-4-5-11-21(19)26-20)24(29)25-15-17-8-6-9-18(14-17)27-13-7-12-22(27)28/h4-6,8-11,14H,3,7,12-13,15H2,1-2H3,(H,25,29). The summed E-state index contributed by atoms with van der Waals surface area (Å²) in [5, 5.41) is 3.93. The quantitative estimate of drug-likeness (QED) is 0.715. The SMILES string of the molecule is CCc1nc2ccccc2c(C(=O)NCc2cccc(N3CCCC3=O)c2)c1C. The molecule has 0 spiro atoms. The third kappa shape index (κ3) is 3.73. The lowest BCUT2D eigenvalue weighted by Gasteiger charge is -2.17. The molecule has 5 nitrogen and oxygen atoms in total. The van der Waals surface area contributed by atoms with E-state index < -0.39 is 0 Å². The Hall–Kier alpha value is -3.21. The van der Waals surface area contributed by atoms with Crippen LogP contribution in [-0.2, 0) is 17.8 Å². The first-order valence-electron chi connectivity index (χ1n) is 10.1. The minimum Gasteiger partial charge on any atom is -0.348 e. The number of benzene rings is 2. The number of carbonyl (C=O) groups excluding carboxylic acids is 2. The van der Waals surface area contributed by atoms with Gasteiger partial charge in [-0.05, 0) is 49.1 Å². The summed E-state index contributed by atoms with van der Waals surface area (Å²) in [6.07, 6.45) is 2.28. The summed E-state index contributed by atoms with van der Waals surface area (Å²) in [5.41, 5.74) is 5.29. The number of nitrogens with one attached hydrogen (secondary N) is 1. The molecule has 29 heavy (non-hydrogen) atoms. The van der Waals surface area contributed by atoms with E-state index in [0.717, 1.165) is 52.8 Å². The van der Waals surface area contributed by atoms with E-state index in [1.807, 2.05) is 60.4 Å². The molecule has 0 unspecified atom stereocenters. The van der Waals surface area contributed by atoms with Crippen LogP contribution in [-0.4, -0.2) is 23.3 Å². The van der Waals surface area contributed by atoms with Crippen molar-refractivity contribution in [3.8, 4) is 0 Å². The van der Waals surface area contributed by atoms with Gasteiger partial charge in [0.1, 0.15) is 0 Å². The topological polar surface area (TPSA) is 62.3 Å². The molecule has 2 heterocycles. The van der Waals surface area contributed by atoms with Crippen LogP contribution < -0.4 is 10.2 Å². The fraction of sp³-hybridized carbons (Fsp3) is 0.292. The van der Waals surface area contributed by atoms with Crippen molar-refractivity contribution >= 4 is 28.4 Å². The summed E-state index contributed by atoms with van der Waals surface area (Å²) in [6, 6.07) is 15.6. The minimum absolute atomic E-state index is 0.0987. The number of hydrogen-bond acceptors (Lipinski definition) is 3. The number of amides is 2. The van der Waals surface area contributed by atoms with Crippen LogP contribution in [0.25, 0.3) is 10.9 Å². The number of pyridine rings is 1. The molecule has 5 heteroatoms. The van der Waals surface area contributed by atoms with Crippen LogP contribution in [0, 0.1) is 6.92 Å². The Morgan fingerprint density at radius 3 is 2.76 bits per heavy atom. The second-order valence-corrected chi connectivity index (χ2v) is 7.43. The van der Waals surface area contributed by atoms with Gasteiger partial charge in [0.25, 0.3) is 5.91 Å². The number of anilines is 1. The zero-order valence-corrected chi connectivity index (χ0v) is 16.9. The number of carbonyl (C=O) groups is 2. The van der Waals surface area contributed by atoms with Gasteiger partial charge in [0.2, 0.25) is 5.91 Å². The predicted octanol–water partition coefficient (Wildman–Crippen LogP) is 4.16.